The third-order valence-corrected chi connectivity index (χ3v) is 4.55. The van der Waals surface area contributed by atoms with Crippen molar-refractivity contribution in [3.63, 3.8) is 0 Å². The Balaban J connectivity index is 0.00000484. The van der Waals surface area contributed by atoms with Crippen LogP contribution in [0.4, 0.5) is 0 Å². The topological polar surface area (TPSA) is 58.5 Å². The van der Waals surface area contributed by atoms with Gasteiger partial charge in [-0.05, 0) is 11.8 Å². The van der Waals surface area contributed by atoms with E-state index >= 15 is 0 Å². The van der Waals surface area contributed by atoms with Gasteiger partial charge in [0.25, 0.3) is 0 Å². The summed E-state index contributed by atoms with van der Waals surface area (Å²) in [6.07, 6.45) is 2.05. The van der Waals surface area contributed by atoms with E-state index in [0.717, 1.165) is 37.6 Å². The Bertz CT molecular complexity index is 471. The van der Waals surface area contributed by atoms with Gasteiger partial charge in [0.05, 0.1) is 16.8 Å². The minimum Gasteiger partial charge on any atom is -0.379 e. The lowest BCUT2D eigenvalue weighted by Gasteiger charge is -2.30. The molecule has 0 saturated heterocycles. The zero-order chi connectivity index (χ0) is 16.6. The molecule has 0 aliphatic rings. The van der Waals surface area contributed by atoms with Gasteiger partial charge in [-0.3, -0.25) is 4.99 Å². The first-order chi connectivity index (χ1) is 10.4. The molecule has 0 bridgehead atoms. The van der Waals surface area contributed by atoms with Crippen molar-refractivity contribution in [3.05, 3.63) is 16.1 Å². The van der Waals surface area contributed by atoms with E-state index < -0.39 is 0 Å². The molecule has 0 aliphatic carbocycles. The number of nitrogens with zero attached hydrogens (tertiary/aromatic N) is 2. The number of guanidine groups is 1. The molecule has 0 spiro atoms. The highest BCUT2D eigenvalue weighted by Gasteiger charge is 2.24. The van der Waals surface area contributed by atoms with E-state index in [9.17, 15) is 0 Å². The van der Waals surface area contributed by atoms with Crippen LogP contribution in [0.15, 0.2) is 10.4 Å². The Morgan fingerprint density at radius 2 is 2.09 bits per heavy atom. The number of aromatic nitrogens is 1. The minimum atomic E-state index is 0. The first-order valence-corrected chi connectivity index (χ1v) is 8.69. The Morgan fingerprint density at radius 1 is 1.39 bits per heavy atom. The Morgan fingerprint density at radius 3 is 2.57 bits per heavy atom. The van der Waals surface area contributed by atoms with Crippen molar-refractivity contribution in [1.82, 2.24) is 15.6 Å². The average molecular weight is 454 g/mol. The van der Waals surface area contributed by atoms with Crippen molar-refractivity contribution >= 4 is 41.3 Å². The van der Waals surface area contributed by atoms with Crippen molar-refractivity contribution < 1.29 is 4.74 Å². The predicted molar refractivity (Wildman–Crippen MR) is 110 cm³/mol. The molecule has 0 aromatic carbocycles. The zero-order valence-corrected chi connectivity index (χ0v) is 18.2. The highest BCUT2D eigenvalue weighted by atomic mass is 127. The summed E-state index contributed by atoms with van der Waals surface area (Å²) in [6.45, 7) is 10.2. The fraction of sp³-hybridized carbons (Fsp3) is 0.750. The van der Waals surface area contributed by atoms with Crippen molar-refractivity contribution in [1.29, 1.82) is 0 Å². The van der Waals surface area contributed by atoms with Crippen LogP contribution >= 0.6 is 35.3 Å². The van der Waals surface area contributed by atoms with Gasteiger partial charge in [-0.1, -0.05) is 27.7 Å². The van der Waals surface area contributed by atoms with Crippen LogP contribution in [0, 0.1) is 5.41 Å². The molecule has 2 N–H and O–H groups in total. The van der Waals surface area contributed by atoms with E-state index in [1.807, 2.05) is 0 Å². The lowest BCUT2D eigenvalue weighted by Crippen LogP contribution is -2.45. The zero-order valence-electron chi connectivity index (χ0n) is 15.1. The highest BCUT2D eigenvalue weighted by molar-refractivity contribution is 14.0. The van der Waals surface area contributed by atoms with Gasteiger partial charge in [0.15, 0.2) is 5.96 Å². The summed E-state index contributed by atoms with van der Waals surface area (Å²) < 4.78 is 5.54. The molecule has 1 aromatic heterocycles. The summed E-state index contributed by atoms with van der Waals surface area (Å²) in [5.74, 6) is 0.803. The summed E-state index contributed by atoms with van der Waals surface area (Å²) in [7, 11) is 3.54. The molecule has 0 radical (unpaired) electrons. The maximum atomic E-state index is 5.54. The highest BCUT2D eigenvalue weighted by Crippen LogP contribution is 2.20. The van der Waals surface area contributed by atoms with Gasteiger partial charge in [-0.25, -0.2) is 4.98 Å². The summed E-state index contributed by atoms with van der Waals surface area (Å²) >= 11 is 1.73. The molecule has 0 fully saturated rings. The van der Waals surface area contributed by atoms with E-state index in [1.165, 1.54) is 5.01 Å². The number of aliphatic imine (C=N–C) groups is 1. The summed E-state index contributed by atoms with van der Waals surface area (Å²) in [5.41, 5.74) is 1.24. The number of hydrogen-bond donors (Lipinski definition) is 2. The standard InChI is InChI=1S/C16H30N4OS.HI/c1-7-14-20-12(11-22-14)8-9-18-15(17-5)19-10-13(21-6)16(2,3)4;/h11,13H,7-10H2,1-6H3,(H2,17,18,19);1H. The van der Waals surface area contributed by atoms with Crippen LogP contribution in [0.25, 0.3) is 0 Å². The Kier molecular flexibility index (Phi) is 11.0. The monoisotopic (exact) mass is 454 g/mol. The second-order valence-corrected chi connectivity index (χ2v) is 7.25. The molecule has 5 nitrogen and oxygen atoms in total. The second kappa shape index (κ2) is 11.2. The van der Waals surface area contributed by atoms with E-state index in [-0.39, 0.29) is 35.5 Å². The van der Waals surface area contributed by atoms with Crippen molar-refractivity contribution in [2.75, 3.05) is 27.2 Å². The molecule has 0 aliphatic heterocycles. The smallest absolute Gasteiger partial charge is 0.191 e. The lowest BCUT2D eigenvalue weighted by molar-refractivity contribution is 0.0205. The number of hydrogen-bond acceptors (Lipinski definition) is 4. The molecule has 134 valence electrons. The molecule has 0 amide bonds. The summed E-state index contributed by atoms with van der Waals surface area (Å²) in [4.78, 5) is 8.82. The summed E-state index contributed by atoms with van der Waals surface area (Å²) in [5, 5.41) is 9.99. The number of rotatable bonds is 7. The van der Waals surface area contributed by atoms with Crippen LogP contribution in [0.3, 0.4) is 0 Å². The van der Waals surface area contributed by atoms with Gasteiger partial charge in [-0.2, -0.15) is 0 Å². The number of thiazole rings is 1. The van der Waals surface area contributed by atoms with Crippen LogP contribution in [0.5, 0.6) is 0 Å². The number of nitrogens with one attached hydrogen (secondary N) is 2. The minimum absolute atomic E-state index is 0. The molecule has 1 aromatic rings. The molecule has 0 saturated carbocycles. The first kappa shape index (κ1) is 22.6. The molecule has 1 heterocycles. The maximum Gasteiger partial charge on any atom is 0.191 e. The quantitative estimate of drug-likeness (QED) is 0.378. The molecular weight excluding hydrogens is 423 g/mol. The molecule has 1 rings (SSSR count). The van der Waals surface area contributed by atoms with Crippen LogP contribution in [0.2, 0.25) is 0 Å². The third kappa shape index (κ3) is 8.30. The largest absolute Gasteiger partial charge is 0.379 e. The van der Waals surface area contributed by atoms with Gasteiger partial charge in [0.1, 0.15) is 0 Å². The predicted octanol–water partition coefficient (Wildman–Crippen LogP) is 3.09. The Labute approximate surface area is 161 Å². The van der Waals surface area contributed by atoms with Gasteiger partial charge >= 0.3 is 0 Å². The van der Waals surface area contributed by atoms with Crippen molar-refractivity contribution in [2.45, 2.75) is 46.6 Å². The van der Waals surface area contributed by atoms with Crippen LogP contribution in [0.1, 0.15) is 38.4 Å². The van der Waals surface area contributed by atoms with Gasteiger partial charge in [0.2, 0.25) is 0 Å². The molecule has 1 atom stereocenters. The van der Waals surface area contributed by atoms with E-state index in [1.54, 1.807) is 25.5 Å². The molecule has 1 unspecified atom stereocenters. The SMILES string of the molecule is CCc1nc(CCNC(=NC)NCC(OC)C(C)(C)C)cs1.I. The van der Waals surface area contributed by atoms with Crippen LogP contribution in [-0.2, 0) is 17.6 Å². The van der Waals surface area contributed by atoms with Gasteiger partial charge in [0, 0.05) is 39.0 Å². The summed E-state index contributed by atoms with van der Waals surface area (Å²) in [6, 6.07) is 0. The third-order valence-electron chi connectivity index (χ3n) is 3.50. The number of methoxy groups -OCH3 is 1. The van der Waals surface area contributed by atoms with Crippen LogP contribution < -0.4 is 10.6 Å². The van der Waals surface area contributed by atoms with Gasteiger partial charge < -0.3 is 15.4 Å². The fourth-order valence-electron chi connectivity index (χ4n) is 2.09. The molecule has 7 heteroatoms. The average Bonchev–Trinajstić information content (AvgIpc) is 2.92. The number of halogens is 1. The van der Waals surface area contributed by atoms with Crippen LogP contribution in [-0.4, -0.2) is 44.3 Å². The first-order valence-electron chi connectivity index (χ1n) is 7.81. The lowest BCUT2D eigenvalue weighted by atomic mass is 9.89. The second-order valence-electron chi connectivity index (χ2n) is 6.31. The Hall–Kier alpha value is -0.410. The fourth-order valence-corrected chi connectivity index (χ4v) is 2.87. The normalized spacial score (nSPS) is 13.4. The van der Waals surface area contributed by atoms with Crippen molar-refractivity contribution in [2.24, 2.45) is 10.4 Å². The van der Waals surface area contributed by atoms with Gasteiger partial charge in [-0.15, -0.1) is 35.3 Å². The number of aryl methyl sites for hydroxylation is 1. The van der Waals surface area contributed by atoms with E-state index in [0.29, 0.717) is 0 Å². The van der Waals surface area contributed by atoms with Crippen molar-refractivity contribution in [3.8, 4) is 0 Å². The van der Waals surface area contributed by atoms with E-state index in [4.69, 9.17) is 4.74 Å². The molecular formula is C16H31IN4OS. The molecule has 23 heavy (non-hydrogen) atoms. The van der Waals surface area contributed by atoms with E-state index in [2.05, 4.69) is 53.7 Å². The number of ether oxygens (including phenoxy) is 1. The maximum absolute atomic E-state index is 5.54.